The Hall–Kier alpha value is -1.51. The number of phosphoric acid groups is 1. The van der Waals surface area contributed by atoms with Crippen LogP contribution in [0.3, 0.4) is 0 Å². The molecule has 0 aromatic carbocycles. The zero-order valence-corrected chi connectivity index (χ0v) is 17.0. The molecule has 0 amide bonds. The molecule has 1 unspecified atom stereocenters. The number of rotatable bonds is 8. The van der Waals surface area contributed by atoms with Crippen LogP contribution in [0.25, 0.3) is 11.2 Å². The molecule has 0 spiro atoms. The number of aromatic nitrogens is 4. The number of hydrogen-bond acceptors (Lipinski definition) is 10. The largest absolute Gasteiger partial charge is 0.469 e. The summed E-state index contributed by atoms with van der Waals surface area (Å²) in [6.07, 6.45) is -2.84. The number of aromatic amines is 1. The predicted molar refractivity (Wildman–Crippen MR) is 103 cm³/mol. The molecule has 1 aliphatic rings. The summed E-state index contributed by atoms with van der Waals surface area (Å²) >= 11 is 1.54. The van der Waals surface area contributed by atoms with Crippen molar-refractivity contribution >= 4 is 36.7 Å². The Labute approximate surface area is 168 Å². The Morgan fingerprint density at radius 3 is 2.83 bits per heavy atom. The van der Waals surface area contributed by atoms with Gasteiger partial charge in [-0.15, -0.1) is 0 Å². The summed E-state index contributed by atoms with van der Waals surface area (Å²) in [6, 6.07) is 0. The highest BCUT2D eigenvalue weighted by molar-refractivity contribution is 7.98. The Morgan fingerprint density at radius 1 is 1.45 bits per heavy atom. The molecular formula is C14H22N5O8PS. The topological polar surface area (TPSA) is 206 Å². The van der Waals surface area contributed by atoms with E-state index in [4.69, 9.17) is 15.0 Å². The molecule has 3 rings (SSSR count). The van der Waals surface area contributed by atoms with Crippen LogP contribution in [0.15, 0.2) is 11.1 Å². The number of hydrogen-bond donors (Lipinski definition) is 6. The summed E-state index contributed by atoms with van der Waals surface area (Å²) in [5, 5.41) is 21.0. The van der Waals surface area contributed by atoms with E-state index in [1.807, 2.05) is 6.26 Å². The molecule has 29 heavy (non-hydrogen) atoms. The van der Waals surface area contributed by atoms with Gasteiger partial charge in [-0.2, -0.15) is 16.7 Å². The van der Waals surface area contributed by atoms with Crippen LogP contribution >= 0.6 is 19.6 Å². The van der Waals surface area contributed by atoms with Crippen molar-refractivity contribution in [3.8, 4) is 0 Å². The highest BCUT2D eigenvalue weighted by atomic mass is 32.2. The second-order valence-corrected chi connectivity index (χ2v) is 8.69. The van der Waals surface area contributed by atoms with Gasteiger partial charge in [0.2, 0.25) is 5.95 Å². The summed E-state index contributed by atoms with van der Waals surface area (Å²) in [6.45, 7) is 0. The number of H-pyrrole nitrogens is 1. The summed E-state index contributed by atoms with van der Waals surface area (Å²) < 4.78 is 23.1. The molecule has 13 nitrogen and oxygen atoms in total. The van der Waals surface area contributed by atoms with Crippen LogP contribution < -0.4 is 11.3 Å². The lowest BCUT2D eigenvalue weighted by Gasteiger charge is -2.26. The van der Waals surface area contributed by atoms with E-state index in [0.29, 0.717) is 12.2 Å². The lowest BCUT2D eigenvalue weighted by atomic mass is 10.0. The molecule has 1 saturated heterocycles. The minimum Gasteiger partial charge on any atom is -0.387 e. The number of aliphatic hydroxyl groups is 2. The smallest absolute Gasteiger partial charge is 0.387 e. The first kappa shape index (κ1) is 22.2. The molecule has 7 N–H and O–H groups in total. The van der Waals surface area contributed by atoms with Crippen molar-refractivity contribution in [2.24, 2.45) is 0 Å². The van der Waals surface area contributed by atoms with Crippen molar-refractivity contribution < 1.29 is 33.8 Å². The molecule has 2 aromatic heterocycles. The van der Waals surface area contributed by atoms with Gasteiger partial charge in [0.25, 0.3) is 5.56 Å². The van der Waals surface area contributed by atoms with Crippen LogP contribution in [-0.2, 0) is 13.8 Å². The summed E-state index contributed by atoms with van der Waals surface area (Å²) in [4.78, 5) is 40.6. The number of nitrogen functional groups attached to an aromatic ring is 1. The van der Waals surface area contributed by atoms with Crippen molar-refractivity contribution in [1.29, 1.82) is 0 Å². The third kappa shape index (κ3) is 4.81. The van der Waals surface area contributed by atoms with Gasteiger partial charge in [-0.1, -0.05) is 0 Å². The van der Waals surface area contributed by atoms with Crippen molar-refractivity contribution in [3.05, 3.63) is 16.7 Å². The number of ether oxygens (including phenoxy) is 1. The van der Waals surface area contributed by atoms with E-state index in [2.05, 4.69) is 15.0 Å². The molecule has 0 saturated carbocycles. The van der Waals surface area contributed by atoms with E-state index in [-0.39, 0.29) is 23.5 Å². The van der Waals surface area contributed by atoms with Crippen molar-refractivity contribution in [2.45, 2.75) is 43.5 Å². The molecule has 1 fully saturated rings. The van der Waals surface area contributed by atoms with Gasteiger partial charge in [-0.05, 0) is 24.9 Å². The molecule has 162 valence electrons. The minimum atomic E-state index is -4.87. The number of anilines is 1. The fourth-order valence-electron chi connectivity index (χ4n) is 3.23. The fraction of sp³-hybridized carbons (Fsp3) is 0.643. The molecule has 2 aromatic rings. The SMILES string of the molecule is CSCCCC(OP(=O)(O)O)[C@H]1O[C@@H](n2cnc3c(=O)[nH]c(N)nc32)[C@H](O)[C@@H]1O. The fourth-order valence-corrected chi connectivity index (χ4v) is 4.27. The van der Waals surface area contributed by atoms with E-state index in [1.54, 1.807) is 11.8 Å². The number of aliphatic hydroxyl groups excluding tert-OH is 2. The Bertz CT molecular complexity index is 963. The average molecular weight is 451 g/mol. The molecule has 3 heterocycles. The van der Waals surface area contributed by atoms with Crippen LogP contribution in [0, 0.1) is 0 Å². The first-order chi connectivity index (χ1) is 13.6. The van der Waals surface area contributed by atoms with Crippen LogP contribution in [0.1, 0.15) is 19.1 Å². The molecule has 0 aliphatic carbocycles. The van der Waals surface area contributed by atoms with Gasteiger partial charge in [-0.25, -0.2) is 9.55 Å². The van der Waals surface area contributed by atoms with Gasteiger partial charge in [-0.3, -0.25) is 18.9 Å². The second kappa shape index (κ2) is 8.70. The first-order valence-corrected chi connectivity index (χ1v) is 11.5. The molecule has 5 atom stereocenters. The van der Waals surface area contributed by atoms with Gasteiger partial charge in [0, 0.05) is 0 Å². The van der Waals surface area contributed by atoms with Gasteiger partial charge in [0.05, 0.1) is 12.4 Å². The van der Waals surface area contributed by atoms with E-state index >= 15 is 0 Å². The normalized spacial score (nSPS) is 26.2. The Morgan fingerprint density at radius 2 is 2.17 bits per heavy atom. The summed E-state index contributed by atoms with van der Waals surface area (Å²) in [5.74, 6) is 0.530. The number of nitrogens with two attached hydrogens (primary N) is 1. The van der Waals surface area contributed by atoms with E-state index < -0.39 is 44.0 Å². The Balaban J connectivity index is 1.90. The number of thioether (sulfide) groups is 1. The predicted octanol–water partition coefficient (Wildman–Crippen LogP) is -1.06. The highest BCUT2D eigenvalue weighted by Crippen LogP contribution is 2.43. The standard InChI is InChI=1S/C14H22N5O8PS/c1-29-4-2-3-6(27-28(23,24)25)10-8(20)9(21)13(26-10)19-5-16-7-11(19)17-14(15)18-12(7)22/h5-6,8-10,13,20-21H,2-4H2,1H3,(H2,23,24,25)(H3,15,17,18,22)/t6?,8-,9+,10+,13+/m0/s1. The molecule has 0 radical (unpaired) electrons. The second-order valence-electron chi connectivity index (χ2n) is 6.52. The van der Waals surface area contributed by atoms with Gasteiger partial charge < -0.3 is 30.5 Å². The lowest BCUT2D eigenvalue weighted by Crippen LogP contribution is -2.39. The molecular weight excluding hydrogens is 429 g/mol. The van der Waals surface area contributed by atoms with E-state index in [1.165, 1.54) is 10.9 Å². The van der Waals surface area contributed by atoms with E-state index in [9.17, 15) is 29.4 Å². The summed E-state index contributed by atoms with van der Waals surface area (Å²) in [7, 11) is -4.87. The number of imidazole rings is 1. The van der Waals surface area contributed by atoms with Crippen LogP contribution in [0.5, 0.6) is 0 Å². The van der Waals surface area contributed by atoms with Gasteiger partial charge in [0.15, 0.2) is 17.4 Å². The van der Waals surface area contributed by atoms with Crippen molar-refractivity contribution in [3.63, 3.8) is 0 Å². The van der Waals surface area contributed by atoms with Gasteiger partial charge in [0.1, 0.15) is 18.3 Å². The average Bonchev–Trinajstić information content (AvgIpc) is 3.15. The zero-order chi connectivity index (χ0) is 21.3. The third-order valence-electron chi connectivity index (χ3n) is 4.48. The highest BCUT2D eigenvalue weighted by Gasteiger charge is 2.49. The van der Waals surface area contributed by atoms with Gasteiger partial charge >= 0.3 is 7.82 Å². The van der Waals surface area contributed by atoms with Crippen molar-refractivity contribution in [2.75, 3.05) is 17.7 Å². The number of nitrogens with zero attached hydrogens (tertiary/aromatic N) is 3. The van der Waals surface area contributed by atoms with Crippen LogP contribution in [0.4, 0.5) is 5.95 Å². The number of nitrogens with one attached hydrogen (secondary N) is 1. The molecule has 1 aliphatic heterocycles. The summed E-state index contributed by atoms with van der Waals surface area (Å²) in [5.41, 5.74) is 4.95. The Kier molecular flexibility index (Phi) is 6.65. The number of phosphoric ester groups is 1. The van der Waals surface area contributed by atoms with Crippen LogP contribution in [0.2, 0.25) is 0 Å². The molecule has 15 heteroatoms. The van der Waals surface area contributed by atoms with E-state index in [0.717, 1.165) is 0 Å². The maximum Gasteiger partial charge on any atom is 0.469 e. The maximum atomic E-state index is 11.9. The van der Waals surface area contributed by atoms with Crippen LogP contribution in [-0.4, -0.2) is 75.9 Å². The van der Waals surface area contributed by atoms with Crippen molar-refractivity contribution in [1.82, 2.24) is 19.5 Å². The monoisotopic (exact) mass is 451 g/mol. The number of fused-ring (bicyclic) bond motifs is 1. The molecule has 0 bridgehead atoms. The first-order valence-electron chi connectivity index (χ1n) is 8.59. The maximum absolute atomic E-state index is 11.9. The zero-order valence-electron chi connectivity index (χ0n) is 15.3. The lowest BCUT2D eigenvalue weighted by molar-refractivity contribution is -0.0829. The quantitative estimate of drug-likeness (QED) is 0.210. The minimum absolute atomic E-state index is 0.0259. The third-order valence-corrected chi connectivity index (χ3v) is 5.72.